The average Bonchev–Trinajstić information content (AvgIpc) is 2.50. The molecule has 0 radical (unpaired) electrons. The van der Waals surface area contributed by atoms with E-state index in [4.69, 9.17) is 10.3 Å². The molecule has 0 amide bonds. The van der Waals surface area contributed by atoms with Gasteiger partial charge in [0.05, 0.1) is 17.3 Å². The fraction of sp³-hybridized carbons (Fsp3) is 0.143. The van der Waals surface area contributed by atoms with Gasteiger partial charge in [-0.25, -0.2) is 4.98 Å². The van der Waals surface area contributed by atoms with Crippen LogP contribution in [0.25, 0.3) is 11.1 Å². The van der Waals surface area contributed by atoms with E-state index in [-0.39, 0.29) is 0 Å². The molecule has 0 unspecified atom stereocenters. The monoisotopic (exact) mass is 149 g/mol. The van der Waals surface area contributed by atoms with Gasteiger partial charge in [-0.1, -0.05) is 5.16 Å². The van der Waals surface area contributed by atoms with Gasteiger partial charge in [0, 0.05) is 6.54 Å². The van der Waals surface area contributed by atoms with E-state index in [0.29, 0.717) is 12.3 Å². The van der Waals surface area contributed by atoms with Crippen LogP contribution in [0.4, 0.5) is 0 Å². The van der Waals surface area contributed by atoms with Crippen molar-refractivity contribution in [1.82, 2.24) is 10.1 Å². The molecule has 2 heterocycles. The van der Waals surface area contributed by atoms with Crippen molar-refractivity contribution in [2.75, 3.05) is 0 Å². The third-order valence-electron chi connectivity index (χ3n) is 1.49. The normalized spacial score (nSPS) is 10.6. The first-order chi connectivity index (χ1) is 5.40. The van der Waals surface area contributed by atoms with Crippen molar-refractivity contribution in [2.45, 2.75) is 6.54 Å². The fourth-order valence-electron chi connectivity index (χ4n) is 0.908. The highest BCUT2D eigenvalue weighted by Gasteiger charge is 1.99. The maximum atomic E-state index is 5.39. The summed E-state index contributed by atoms with van der Waals surface area (Å²) in [6.07, 6.45) is 1.63. The molecular weight excluding hydrogens is 142 g/mol. The van der Waals surface area contributed by atoms with Crippen molar-refractivity contribution in [3.8, 4) is 0 Å². The predicted molar refractivity (Wildman–Crippen MR) is 39.7 cm³/mol. The minimum Gasteiger partial charge on any atom is -0.336 e. The van der Waals surface area contributed by atoms with Gasteiger partial charge < -0.3 is 10.3 Å². The molecule has 2 aromatic rings. The Kier molecular flexibility index (Phi) is 1.33. The van der Waals surface area contributed by atoms with Gasteiger partial charge in [-0.2, -0.15) is 0 Å². The Balaban J connectivity index is 2.67. The van der Waals surface area contributed by atoms with Crippen LogP contribution in [0.5, 0.6) is 0 Å². The molecule has 2 rings (SSSR count). The van der Waals surface area contributed by atoms with E-state index in [0.717, 1.165) is 11.1 Å². The van der Waals surface area contributed by atoms with Gasteiger partial charge >= 0.3 is 0 Å². The number of fused-ring (bicyclic) bond motifs is 1. The van der Waals surface area contributed by atoms with Crippen molar-refractivity contribution < 1.29 is 4.52 Å². The van der Waals surface area contributed by atoms with Crippen LogP contribution in [0.15, 0.2) is 22.9 Å². The quantitative estimate of drug-likeness (QED) is 0.647. The molecule has 0 fully saturated rings. The first-order valence-corrected chi connectivity index (χ1v) is 3.30. The summed E-state index contributed by atoms with van der Waals surface area (Å²) in [6, 6.07) is 3.75. The van der Waals surface area contributed by atoms with Gasteiger partial charge in [-0.3, -0.25) is 0 Å². The highest BCUT2D eigenvalue weighted by Crippen LogP contribution is 2.10. The van der Waals surface area contributed by atoms with Crippen LogP contribution in [0.1, 0.15) is 5.69 Å². The number of pyridine rings is 1. The van der Waals surface area contributed by atoms with Crippen molar-refractivity contribution in [1.29, 1.82) is 0 Å². The van der Waals surface area contributed by atoms with E-state index >= 15 is 0 Å². The second kappa shape index (κ2) is 2.32. The molecule has 0 saturated heterocycles. The van der Waals surface area contributed by atoms with Crippen LogP contribution in [0.3, 0.4) is 0 Å². The number of nitrogens with two attached hydrogens (primary N) is 1. The Morgan fingerprint density at radius 3 is 3.18 bits per heavy atom. The zero-order chi connectivity index (χ0) is 7.68. The van der Waals surface area contributed by atoms with Crippen molar-refractivity contribution in [3.05, 3.63) is 24.0 Å². The Morgan fingerprint density at radius 2 is 2.36 bits per heavy atom. The maximum Gasteiger partial charge on any atom is 0.257 e. The summed E-state index contributed by atoms with van der Waals surface area (Å²) in [7, 11) is 0. The first-order valence-electron chi connectivity index (χ1n) is 3.30. The minimum absolute atomic E-state index is 0.427. The van der Waals surface area contributed by atoms with Gasteiger partial charge in [0.25, 0.3) is 5.71 Å². The Bertz CT molecular complexity index is 368. The number of aromatic nitrogens is 2. The molecule has 0 aromatic carbocycles. The lowest BCUT2D eigenvalue weighted by molar-refractivity contribution is 0.448. The first kappa shape index (κ1) is 6.30. The maximum absolute atomic E-state index is 5.39. The van der Waals surface area contributed by atoms with E-state index in [1.807, 2.05) is 12.1 Å². The van der Waals surface area contributed by atoms with Gasteiger partial charge in [0.1, 0.15) is 0 Å². The van der Waals surface area contributed by atoms with E-state index in [1.165, 1.54) is 0 Å². The van der Waals surface area contributed by atoms with Crippen molar-refractivity contribution >= 4 is 11.1 Å². The Labute approximate surface area is 63.0 Å². The van der Waals surface area contributed by atoms with Crippen LogP contribution in [-0.2, 0) is 6.54 Å². The lowest BCUT2D eigenvalue weighted by atomic mass is 10.3. The molecule has 2 N–H and O–H groups in total. The number of rotatable bonds is 1. The summed E-state index contributed by atoms with van der Waals surface area (Å²) in [5.74, 6) is 0. The molecule has 0 aliphatic carbocycles. The van der Waals surface area contributed by atoms with Gasteiger partial charge in [0.2, 0.25) is 0 Å². The molecule has 4 heteroatoms. The molecule has 0 atom stereocenters. The van der Waals surface area contributed by atoms with E-state index in [1.54, 1.807) is 6.20 Å². The molecule has 0 aliphatic rings. The average molecular weight is 149 g/mol. The highest BCUT2D eigenvalue weighted by molar-refractivity contribution is 5.71. The van der Waals surface area contributed by atoms with Gasteiger partial charge in [0.15, 0.2) is 0 Å². The van der Waals surface area contributed by atoms with Crippen LogP contribution >= 0.6 is 0 Å². The Morgan fingerprint density at radius 1 is 1.45 bits per heavy atom. The standard InChI is InChI=1S/C7H7N3O/c8-3-6-2-1-5-4-9-11-7(5)10-6/h1-2,4H,3,8H2. The van der Waals surface area contributed by atoms with E-state index in [9.17, 15) is 0 Å². The molecular formula is C7H7N3O. The molecule has 56 valence electrons. The fourth-order valence-corrected chi connectivity index (χ4v) is 0.908. The molecule has 0 spiro atoms. The lowest BCUT2D eigenvalue weighted by Crippen LogP contribution is -1.98. The van der Waals surface area contributed by atoms with Gasteiger partial charge in [-0.05, 0) is 12.1 Å². The summed E-state index contributed by atoms with van der Waals surface area (Å²) in [5, 5.41) is 4.50. The molecule has 2 aromatic heterocycles. The zero-order valence-corrected chi connectivity index (χ0v) is 5.82. The third-order valence-corrected chi connectivity index (χ3v) is 1.49. The summed E-state index contributed by atoms with van der Waals surface area (Å²) < 4.78 is 4.84. The number of hydrogen-bond acceptors (Lipinski definition) is 4. The van der Waals surface area contributed by atoms with E-state index in [2.05, 4.69) is 10.1 Å². The van der Waals surface area contributed by atoms with Crippen LogP contribution in [0, 0.1) is 0 Å². The second-order valence-corrected chi connectivity index (χ2v) is 2.23. The highest BCUT2D eigenvalue weighted by atomic mass is 16.5. The van der Waals surface area contributed by atoms with Gasteiger partial charge in [-0.15, -0.1) is 0 Å². The summed E-state index contributed by atoms with van der Waals surface area (Å²) in [6.45, 7) is 0.427. The number of nitrogens with zero attached hydrogens (tertiary/aromatic N) is 2. The summed E-state index contributed by atoms with van der Waals surface area (Å²) in [4.78, 5) is 4.10. The number of hydrogen-bond donors (Lipinski definition) is 1. The van der Waals surface area contributed by atoms with E-state index < -0.39 is 0 Å². The van der Waals surface area contributed by atoms with Crippen LogP contribution in [-0.4, -0.2) is 10.1 Å². The largest absolute Gasteiger partial charge is 0.336 e. The predicted octanol–water partition coefficient (Wildman–Crippen LogP) is 0.681. The summed E-state index contributed by atoms with van der Waals surface area (Å²) >= 11 is 0. The van der Waals surface area contributed by atoms with Crippen LogP contribution in [0.2, 0.25) is 0 Å². The molecule has 0 bridgehead atoms. The SMILES string of the molecule is NCc1ccc2cnoc2n1. The smallest absolute Gasteiger partial charge is 0.257 e. The minimum atomic E-state index is 0.427. The van der Waals surface area contributed by atoms with Crippen molar-refractivity contribution in [3.63, 3.8) is 0 Å². The molecule has 11 heavy (non-hydrogen) atoms. The second-order valence-electron chi connectivity index (χ2n) is 2.23. The zero-order valence-electron chi connectivity index (χ0n) is 5.82. The van der Waals surface area contributed by atoms with Crippen LogP contribution < -0.4 is 5.73 Å². The Hall–Kier alpha value is -1.42. The third kappa shape index (κ3) is 0.969. The summed E-state index contributed by atoms with van der Waals surface area (Å²) in [5.41, 5.74) is 6.75. The molecule has 0 aliphatic heterocycles. The topological polar surface area (TPSA) is 64.9 Å². The molecule has 0 saturated carbocycles. The molecule has 4 nitrogen and oxygen atoms in total. The van der Waals surface area contributed by atoms with Crippen molar-refractivity contribution in [2.24, 2.45) is 5.73 Å². The lowest BCUT2D eigenvalue weighted by Gasteiger charge is -1.91.